The number of halogens is 2. The molecule has 1 heterocycles. The van der Waals surface area contributed by atoms with Gasteiger partial charge in [0.25, 0.3) is 0 Å². The number of ether oxygens (including phenoxy) is 1. The molecule has 1 N–H and O–H groups in total. The van der Waals surface area contributed by atoms with E-state index in [4.69, 9.17) is 27.9 Å². The first-order valence-corrected chi connectivity index (χ1v) is 7.45. The first-order chi connectivity index (χ1) is 9.51. The number of rotatable bonds is 4. The molecule has 0 radical (unpaired) electrons. The van der Waals surface area contributed by atoms with Gasteiger partial charge in [0, 0.05) is 5.69 Å². The summed E-state index contributed by atoms with van der Waals surface area (Å²) in [5, 5.41) is 4.63. The van der Waals surface area contributed by atoms with E-state index in [0.717, 1.165) is 5.69 Å². The molecule has 0 aliphatic rings. The van der Waals surface area contributed by atoms with Crippen molar-refractivity contribution in [3.63, 3.8) is 0 Å². The van der Waals surface area contributed by atoms with Gasteiger partial charge in [0.05, 0.1) is 22.3 Å². The molecular weight excluding hydrogens is 319 g/mol. The fourth-order valence-corrected chi connectivity index (χ4v) is 2.71. The van der Waals surface area contributed by atoms with E-state index in [1.54, 1.807) is 32.0 Å². The fraction of sp³-hybridized carbons (Fsp3) is 0.231. The zero-order valence-electron chi connectivity index (χ0n) is 10.9. The lowest BCUT2D eigenvalue weighted by atomic mass is 10.3. The van der Waals surface area contributed by atoms with Crippen molar-refractivity contribution in [1.29, 1.82) is 0 Å². The number of nitrogens with zero attached hydrogens (tertiary/aromatic N) is 1. The number of anilines is 2. The average molecular weight is 331 g/mol. The first kappa shape index (κ1) is 15.1. The molecule has 0 saturated heterocycles. The molecule has 106 valence electrons. The van der Waals surface area contributed by atoms with Crippen LogP contribution in [0.5, 0.6) is 0 Å². The van der Waals surface area contributed by atoms with E-state index in [1.165, 1.54) is 11.3 Å². The first-order valence-electron chi connectivity index (χ1n) is 5.88. The Morgan fingerprint density at radius 3 is 2.80 bits per heavy atom. The zero-order chi connectivity index (χ0) is 14.7. The predicted octanol–water partition coefficient (Wildman–Crippen LogP) is 4.68. The van der Waals surface area contributed by atoms with Crippen LogP contribution >= 0.6 is 34.5 Å². The van der Waals surface area contributed by atoms with E-state index >= 15 is 0 Å². The van der Waals surface area contributed by atoms with Crippen LogP contribution in [-0.4, -0.2) is 17.6 Å². The number of thiazole rings is 1. The van der Waals surface area contributed by atoms with Gasteiger partial charge in [-0.25, -0.2) is 9.78 Å². The van der Waals surface area contributed by atoms with E-state index in [2.05, 4.69) is 10.3 Å². The quantitative estimate of drug-likeness (QED) is 0.827. The number of carbonyl (C=O) groups excluding carboxylic acids is 1. The smallest absolute Gasteiger partial charge is 0.350 e. The average Bonchev–Trinajstić information content (AvgIpc) is 2.75. The highest BCUT2D eigenvalue weighted by Gasteiger charge is 2.16. The van der Waals surface area contributed by atoms with Crippen LogP contribution in [-0.2, 0) is 4.74 Å². The van der Waals surface area contributed by atoms with Crippen LogP contribution in [0.1, 0.15) is 22.3 Å². The molecule has 0 amide bonds. The summed E-state index contributed by atoms with van der Waals surface area (Å²) >= 11 is 13.0. The van der Waals surface area contributed by atoms with Crippen LogP contribution in [0.25, 0.3) is 0 Å². The van der Waals surface area contributed by atoms with Crippen molar-refractivity contribution in [2.45, 2.75) is 13.8 Å². The van der Waals surface area contributed by atoms with E-state index in [9.17, 15) is 4.79 Å². The lowest BCUT2D eigenvalue weighted by Crippen LogP contribution is -2.03. The summed E-state index contributed by atoms with van der Waals surface area (Å²) in [6.45, 7) is 3.87. The molecule has 0 aliphatic carbocycles. The van der Waals surface area contributed by atoms with Crippen LogP contribution in [0.4, 0.5) is 10.8 Å². The minimum Gasteiger partial charge on any atom is -0.462 e. The van der Waals surface area contributed by atoms with Crippen LogP contribution in [0.15, 0.2) is 18.2 Å². The summed E-state index contributed by atoms with van der Waals surface area (Å²) in [5.41, 5.74) is 1.39. The second-order valence-electron chi connectivity index (χ2n) is 3.91. The summed E-state index contributed by atoms with van der Waals surface area (Å²) in [4.78, 5) is 16.5. The van der Waals surface area contributed by atoms with Crippen molar-refractivity contribution in [2.24, 2.45) is 0 Å². The summed E-state index contributed by atoms with van der Waals surface area (Å²) < 4.78 is 4.97. The second kappa shape index (κ2) is 6.43. The molecule has 0 fully saturated rings. The van der Waals surface area contributed by atoms with Gasteiger partial charge in [-0.05, 0) is 32.0 Å². The summed E-state index contributed by atoms with van der Waals surface area (Å²) in [5.74, 6) is -0.357. The third-order valence-electron chi connectivity index (χ3n) is 2.43. The number of nitrogens with one attached hydrogen (secondary N) is 1. The van der Waals surface area contributed by atoms with Gasteiger partial charge in [0.2, 0.25) is 0 Å². The topological polar surface area (TPSA) is 51.2 Å². The molecule has 4 nitrogen and oxygen atoms in total. The summed E-state index contributed by atoms with van der Waals surface area (Å²) in [6.07, 6.45) is 0. The normalized spacial score (nSPS) is 10.4. The molecular formula is C13H12Cl2N2O2S. The molecule has 2 rings (SSSR count). The monoisotopic (exact) mass is 330 g/mol. The lowest BCUT2D eigenvalue weighted by molar-refractivity contribution is 0.0531. The number of hydrogen-bond acceptors (Lipinski definition) is 5. The van der Waals surface area contributed by atoms with Gasteiger partial charge in [0.1, 0.15) is 4.88 Å². The van der Waals surface area contributed by atoms with Gasteiger partial charge < -0.3 is 10.1 Å². The predicted molar refractivity (Wildman–Crippen MR) is 82.6 cm³/mol. The Labute approximate surface area is 130 Å². The zero-order valence-corrected chi connectivity index (χ0v) is 13.2. The Balaban J connectivity index is 2.20. The number of aromatic nitrogens is 1. The van der Waals surface area contributed by atoms with E-state index in [1.807, 2.05) is 0 Å². The second-order valence-corrected chi connectivity index (χ2v) is 5.72. The molecule has 0 bridgehead atoms. The molecule has 1 aromatic carbocycles. The van der Waals surface area contributed by atoms with Gasteiger partial charge in [0.15, 0.2) is 5.13 Å². The molecule has 0 unspecified atom stereocenters. The Hall–Kier alpha value is -1.30. The molecule has 7 heteroatoms. The molecule has 0 saturated carbocycles. The number of benzene rings is 1. The van der Waals surface area contributed by atoms with Gasteiger partial charge >= 0.3 is 5.97 Å². The highest BCUT2D eigenvalue weighted by molar-refractivity contribution is 7.17. The number of carbonyl (C=O) groups is 1. The maximum absolute atomic E-state index is 11.7. The Morgan fingerprint density at radius 2 is 2.15 bits per heavy atom. The Kier molecular flexibility index (Phi) is 4.86. The minimum atomic E-state index is -0.357. The van der Waals surface area contributed by atoms with Crippen molar-refractivity contribution < 1.29 is 9.53 Å². The van der Waals surface area contributed by atoms with Crippen LogP contribution in [0.2, 0.25) is 10.0 Å². The maximum Gasteiger partial charge on any atom is 0.350 e. The van der Waals surface area contributed by atoms with Crippen molar-refractivity contribution in [3.8, 4) is 0 Å². The van der Waals surface area contributed by atoms with Gasteiger partial charge in [-0.1, -0.05) is 34.5 Å². The molecule has 0 aliphatic heterocycles. The fourth-order valence-electron chi connectivity index (χ4n) is 1.53. The van der Waals surface area contributed by atoms with E-state index < -0.39 is 0 Å². The largest absolute Gasteiger partial charge is 0.462 e. The molecule has 0 atom stereocenters. The maximum atomic E-state index is 11.7. The van der Waals surface area contributed by atoms with Gasteiger partial charge in [-0.3, -0.25) is 0 Å². The highest BCUT2D eigenvalue weighted by Crippen LogP contribution is 2.30. The molecule has 20 heavy (non-hydrogen) atoms. The van der Waals surface area contributed by atoms with Crippen molar-refractivity contribution in [1.82, 2.24) is 4.98 Å². The van der Waals surface area contributed by atoms with Crippen LogP contribution < -0.4 is 5.32 Å². The van der Waals surface area contributed by atoms with E-state index in [0.29, 0.717) is 32.4 Å². The SMILES string of the molecule is CCOC(=O)c1sc(Nc2ccc(Cl)c(Cl)c2)nc1C. The third kappa shape index (κ3) is 3.42. The summed E-state index contributed by atoms with van der Waals surface area (Å²) in [6, 6.07) is 5.18. The van der Waals surface area contributed by atoms with Crippen molar-refractivity contribution >= 4 is 51.3 Å². The van der Waals surface area contributed by atoms with Crippen molar-refractivity contribution in [3.05, 3.63) is 38.8 Å². The standard InChI is InChI=1S/C13H12Cl2N2O2S/c1-3-19-12(18)11-7(2)16-13(20-11)17-8-4-5-9(14)10(15)6-8/h4-6H,3H2,1-2H3,(H,16,17). The number of hydrogen-bond donors (Lipinski definition) is 1. The number of esters is 1. The molecule has 1 aromatic heterocycles. The van der Waals surface area contributed by atoms with Crippen LogP contribution in [0, 0.1) is 6.92 Å². The lowest BCUT2D eigenvalue weighted by Gasteiger charge is -2.03. The highest BCUT2D eigenvalue weighted by atomic mass is 35.5. The van der Waals surface area contributed by atoms with Crippen LogP contribution in [0.3, 0.4) is 0 Å². The summed E-state index contributed by atoms with van der Waals surface area (Å²) in [7, 11) is 0. The van der Waals surface area contributed by atoms with Gasteiger partial charge in [-0.2, -0.15) is 0 Å². The Bertz CT molecular complexity index is 643. The minimum absolute atomic E-state index is 0.339. The molecule has 2 aromatic rings. The third-order valence-corrected chi connectivity index (χ3v) is 4.22. The molecule has 0 spiro atoms. The Morgan fingerprint density at radius 1 is 1.40 bits per heavy atom. The van der Waals surface area contributed by atoms with E-state index in [-0.39, 0.29) is 5.97 Å². The van der Waals surface area contributed by atoms with Crippen molar-refractivity contribution in [2.75, 3.05) is 11.9 Å². The van der Waals surface area contributed by atoms with Gasteiger partial charge in [-0.15, -0.1) is 0 Å². The number of aryl methyl sites for hydroxylation is 1.